The summed E-state index contributed by atoms with van der Waals surface area (Å²) in [6, 6.07) is 14.1. The molecule has 1 aliphatic rings. The molecule has 0 aliphatic carbocycles. The zero-order valence-corrected chi connectivity index (χ0v) is 22.3. The number of benzene rings is 2. The largest absolute Gasteiger partial charge is 0.342 e. The summed E-state index contributed by atoms with van der Waals surface area (Å²) in [5.41, 5.74) is 19.2. The number of carbonyl (C=O) groups excluding carboxylic acids is 2. The molecule has 10 nitrogen and oxygen atoms in total. The molecule has 2 amide bonds. The van der Waals surface area contributed by atoms with Crippen molar-refractivity contribution in [2.75, 3.05) is 38.0 Å². The van der Waals surface area contributed by atoms with Crippen molar-refractivity contribution in [3.05, 3.63) is 59.7 Å². The van der Waals surface area contributed by atoms with Gasteiger partial charge in [0.15, 0.2) is 0 Å². The first-order valence-corrected chi connectivity index (χ1v) is 14.0. The Labute approximate surface area is 220 Å². The highest BCUT2D eigenvalue weighted by atomic mass is 32.2. The zero-order valence-electron chi connectivity index (χ0n) is 21.5. The van der Waals surface area contributed by atoms with Crippen LogP contribution in [0.15, 0.2) is 53.4 Å². The Morgan fingerprint density at radius 1 is 1.00 bits per heavy atom. The predicted molar refractivity (Wildman–Crippen MR) is 146 cm³/mol. The summed E-state index contributed by atoms with van der Waals surface area (Å²) >= 11 is 0. The number of piperidine rings is 1. The highest BCUT2D eigenvalue weighted by molar-refractivity contribution is 7.89. The van der Waals surface area contributed by atoms with Crippen LogP contribution in [0.5, 0.6) is 0 Å². The zero-order chi connectivity index (χ0) is 27.3. The molecule has 3 rings (SSSR count). The van der Waals surface area contributed by atoms with Gasteiger partial charge < -0.3 is 27.4 Å². The molecule has 2 aromatic rings. The van der Waals surface area contributed by atoms with E-state index in [-0.39, 0.29) is 36.2 Å². The van der Waals surface area contributed by atoms with Gasteiger partial charge in [-0.1, -0.05) is 35.9 Å². The standard InChI is InChI=1S/C18H29N5O4S.C8H11N/c19-8-4-14-6-10-23(11-7-14)18(25)13-21-28(26,27)16-3-1-2-15(12-16)22-17(24)5-9-20;1-7-3-2-4-8(5-7)6-9/h1-3,12,14,21H,4-11,13,19-20H2,(H,22,24);2-5H,6,9H2,1H3. The van der Waals surface area contributed by atoms with Gasteiger partial charge in [0.25, 0.3) is 0 Å². The average molecular weight is 533 g/mol. The summed E-state index contributed by atoms with van der Waals surface area (Å²) in [7, 11) is -3.87. The van der Waals surface area contributed by atoms with E-state index < -0.39 is 10.0 Å². The van der Waals surface area contributed by atoms with Crippen molar-refractivity contribution in [3.8, 4) is 0 Å². The Morgan fingerprint density at radius 2 is 1.70 bits per heavy atom. The summed E-state index contributed by atoms with van der Waals surface area (Å²) in [5.74, 6) is -0.0108. The van der Waals surface area contributed by atoms with Gasteiger partial charge in [-0.25, -0.2) is 13.1 Å². The van der Waals surface area contributed by atoms with Crippen molar-refractivity contribution in [1.82, 2.24) is 9.62 Å². The minimum Gasteiger partial charge on any atom is -0.342 e. The third-order valence-corrected chi connectivity index (χ3v) is 7.47. The van der Waals surface area contributed by atoms with Gasteiger partial charge in [0.1, 0.15) is 0 Å². The highest BCUT2D eigenvalue weighted by Gasteiger charge is 2.24. The van der Waals surface area contributed by atoms with E-state index in [0.717, 1.165) is 19.3 Å². The van der Waals surface area contributed by atoms with E-state index in [2.05, 4.69) is 29.1 Å². The Balaban J connectivity index is 0.000000449. The molecule has 0 atom stereocenters. The fourth-order valence-corrected chi connectivity index (χ4v) is 5.01. The molecule has 37 heavy (non-hydrogen) atoms. The van der Waals surface area contributed by atoms with Crippen LogP contribution in [0.3, 0.4) is 0 Å². The number of nitrogens with zero attached hydrogens (tertiary/aromatic N) is 1. The van der Waals surface area contributed by atoms with Gasteiger partial charge in [-0.05, 0) is 62.4 Å². The number of sulfonamides is 1. The number of rotatable bonds is 10. The van der Waals surface area contributed by atoms with Gasteiger partial charge in [0.2, 0.25) is 21.8 Å². The Bertz CT molecular complexity index is 1120. The molecule has 1 saturated heterocycles. The van der Waals surface area contributed by atoms with Crippen LogP contribution in [0.25, 0.3) is 0 Å². The lowest BCUT2D eigenvalue weighted by molar-refractivity contribution is -0.131. The van der Waals surface area contributed by atoms with E-state index in [0.29, 0.717) is 37.8 Å². The second-order valence-electron chi connectivity index (χ2n) is 9.03. The van der Waals surface area contributed by atoms with Crippen molar-refractivity contribution in [2.24, 2.45) is 23.1 Å². The molecule has 1 aliphatic heterocycles. The molecule has 1 fully saturated rings. The molecule has 8 N–H and O–H groups in total. The summed E-state index contributed by atoms with van der Waals surface area (Å²) < 4.78 is 27.3. The normalized spacial score (nSPS) is 14.0. The van der Waals surface area contributed by atoms with E-state index in [1.165, 1.54) is 29.3 Å². The summed E-state index contributed by atoms with van der Waals surface area (Å²) in [6.07, 6.45) is 2.87. The molecule has 2 aromatic carbocycles. The van der Waals surface area contributed by atoms with Crippen molar-refractivity contribution in [1.29, 1.82) is 0 Å². The van der Waals surface area contributed by atoms with Crippen LogP contribution >= 0.6 is 0 Å². The van der Waals surface area contributed by atoms with Crippen molar-refractivity contribution < 1.29 is 18.0 Å². The molecule has 1 heterocycles. The topological polar surface area (TPSA) is 174 Å². The number of carbonyl (C=O) groups is 2. The predicted octanol–water partition coefficient (Wildman–Crippen LogP) is 1.29. The Morgan fingerprint density at radius 3 is 2.30 bits per heavy atom. The van der Waals surface area contributed by atoms with Gasteiger partial charge in [-0.15, -0.1) is 0 Å². The van der Waals surface area contributed by atoms with Crippen LogP contribution in [0.2, 0.25) is 0 Å². The monoisotopic (exact) mass is 532 g/mol. The van der Waals surface area contributed by atoms with E-state index in [9.17, 15) is 18.0 Å². The summed E-state index contributed by atoms with van der Waals surface area (Å²) in [6.45, 7) is 4.50. The molecule has 0 spiro atoms. The van der Waals surface area contributed by atoms with Crippen LogP contribution in [0.4, 0.5) is 5.69 Å². The van der Waals surface area contributed by atoms with E-state index in [1.54, 1.807) is 11.0 Å². The molecule has 0 bridgehead atoms. The maximum absolute atomic E-state index is 12.5. The van der Waals surface area contributed by atoms with Crippen LogP contribution in [0.1, 0.15) is 36.8 Å². The van der Waals surface area contributed by atoms with Gasteiger partial charge >= 0.3 is 0 Å². The molecule has 0 aromatic heterocycles. The fourth-order valence-electron chi connectivity index (χ4n) is 3.99. The average Bonchev–Trinajstić information content (AvgIpc) is 2.88. The lowest BCUT2D eigenvalue weighted by atomic mass is 9.93. The summed E-state index contributed by atoms with van der Waals surface area (Å²) in [5, 5.41) is 2.59. The number of hydrogen-bond acceptors (Lipinski definition) is 7. The van der Waals surface area contributed by atoms with Gasteiger partial charge in [0, 0.05) is 38.3 Å². The first-order chi connectivity index (χ1) is 17.7. The second-order valence-corrected chi connectivity index (χ2v) is 10.8. The highest BCUT2D eigenvalue weighted by Crippen LogP contribution is 2.20. The minimum atomic E-state index is -3.87. The molecule has 204 valence electrons. The summed E-state index contributed by atoms with van der Waals surface area (Å²) in [4.78, 5) is 25.6. The van der Waals surface area contributed by atoms with Crippen LogP contribution < -0.4 is 27.2 Å². The molecule has 0 radical (unpaired) electrons. The fraction of sp³-hybridized carbons (Fsp3) is 0.462. The number of amides is 2. The Hall–Kier alpha value is -2.83. The second kappa shape index (κ2) is 15.4. The maximum Gasteiger partial charge on any atom is 0.241 e. The molecular formula is C26H40N6O4S. The lowest BCUT2D eigenvalue weighted by Crippen LogP contribution is -2.44. The molecular weight excluding hydrogens is 492 g/mol. The maximum atomic E-state index is 12.5. The van der Waals surface area contributed by atoms with Crippen LogP contribution in [-0.4, -0.2) is 57.9 Å². The number of aryl methyl sites for hydroxylation is 1. The SMILES string of the molecule is Cc1cccc(CN)c1.NCCC(=O)Nc1cccc(S(=O)(=O)NCC(=O)N2CCC(CCN)CC2)c1. The van der Waals surface area contributed by atoms with Crippen molar-refractivity contribution in [2.45, 2.75) is 44.0 Å². The third-order valence-electron chi connectivity index (χ3n) is 6.07. The van der Waals surface area contributed by atoms with Gasteiger partial charge in [0.05, 0.1) is 11.4 Å². The molecule has 0 unspecified atom stereocenters. The number of likely N-dealkylation sites (tertiary alicyclic amines) is 1. The van der Waals surface area contributed by atoms with Gasteiger partial charge in [-0.2, -0.15) is 0 Å². The lowest BCUT2D eigenvalue weighted by Gasteiger charge is -2.32. The van der Waals surface area contributed by atoms with Crippen molar-refractivity contribution in [3.63, 3.8) is 0 Å². The van der Waals surface area contributed by atoms with Crippen LogP contribution in [0, 0.1) is 12.8 Å². The van der Waals surface area contributed by atoms with Crippen LogP contribution in [-0.2, 0) is 26.2 Å². The first-order valence-electron chi connectivity index (χ1n) is 12.5. The number of nitrogens with two attached hydrogens (primary N) is 3. The number of nitrogens with one attached hydrogen (secondary N) is 2. The van der Waals surface area contributed by atoms with E-state index >= 15 is 0 Å². The van der Waals surface area contributed by atoms with Crippen molar-refractivity contribution >= 4 is 27.5 Å². The number of anilines is 1. The van der Waals surface area contributed by atoms with E-state index in [4.69, 9.17) is 17.2 Å². The number of hydrogen-bond donors (Lipinski definition) is 5. The minimum absolute atomic E-state index is 0.0208. The molecule has 11 heteroatoms. The van der Waals surface area contributed by atoms with E-state index in [1.807, 2.05) is 12.1 Å². The smallest absolute Gasteiger partial charge is 0.241 e. The Kier molecular flexibility index (Phi) is 12.7. The first kappa shape index (κ1) is 30.4. The third kappa shape index (κ3) is 10.6. The molecule has 0 saturated carbocycles. The van der Waals surface area contributed by atoms with Gasteiger partial charge in [-0.3, -0.25) is 9.59 Å². The quantitative estimate of drug-likeness (QED) is 0.306.